The highest BCUT2D eigenvalue weighted by Crippen LogP contribution is 2.52. The Labute approximate surface area is 135 Å². The fraction of sp³-hybridized carbons (Fsp3) is 0. The normalized spacial score (nSPS) is 13.7. The fourth-order valence-corrected chi connectivity index (χ4v) is 4.35. The molecule has 1 aromatic heterocycles. The molecule has 0 atom stereocenters. The van der Waals surface area contributed by atoms with Crippen LogP contribution in [-0.4, -0.2) is 10.2 Å². The molecule has 0 bridgehead atoms. The molecule has 4 nitrogen and oxygen atoms in total. The summed E-state index contributed by atoms with van der Waals surface area (Å²) in [7, 11) is 0. The molecule has 7 rings (SSSR count). The second-order valence-electron chi connectivity index (χ2n) is 6.41. The van der Waals surface area contributed by atoms with Crippen molar-refractivity contribution in [3.05, 3.63) is 48.5 Å². The van der Waals surface area contributed by atoms with Crippen molar-refractivity contribution in [1.82, 2.24) is 10.2 Å². The van der Waals surface area contributed by atoms with Crippen LogP contribution in [0.5, 0.6) is 0 Å². The minimum Gasteiger partial charge on any atom is -0.150 e. The first-order valence-electron chi connectivity index (χ1n) is 7.94. The van der Waals surface area contributed by atoms with Gasteiger partial charge < -0.3 is 0 Å². The first-order chi connectivity index (χ1) is 11.9. The first-order valence-corrected chi connectivity index (χ1v) is 7.94. The van der Waals surface area contributed by atoms with Crippen molar-refractivity contribution in [2.75, 3.05) is 0 Å². The van der Waals surface area contributed by atoms with Gasteiger partial charge in [-0.15, -0.1) is 20.4 Å². The van der Waals surface area contributed by atoms with Gasteiger partial charge in [0, 0.05) is 16.2 Å². The number of fused-ring (bicyclic) bond motifs is 5. The number of hydrogen-bond donors (Lipinski definition) is 0. The molecule has 1 aliphatic heterocycles. The zero-order chi connectivity index (χ0) is 15.4. The van der Waals surface area contributed by atoms with Gasteiger partial charge in [-0.1, -0.05) is 42.5 Å². The average molecular weight is 304 g/mol. The summed E-state index contributed by atoms with van der Waals surface area (Å²) in [5.74, 6) is 0. The van der Waals surface area contributed by atoms with Crippen LogP contribution < -0.4 is 0 Å². The van der Waals surface area contributed by atoms with E-state index in [2.05, 4.69) is 69.0 Å². The quantitative estimate of drug-likeness (QED) is 0.261. The van der Waals surface area contributed by atoms with Crippen LogP contribution in [0.3, 0.4) is 0 Å². The van der Waals surface area contributed by atoms with E-state index in [1.807, 2.05) is 0 Å². The van der Waals surface area contributed by atoms with Crippen molar-refractivity contribution in [3.63, 3.8) is 0 Å². The third kappa shape index (κ3) is 1.01. The topological polar surface area (TPSA) is 50.5 Å². The SMILES string of the molecule is c1cc2cccc3c2c(c1)c1ccc2c4c(c5nnc5c3c41)N=N2. The second-order valence-corrected chi connectivity index (χ2v) is 6.41. The molecule has 24 heavy (non-hydrogen) atoms. The highest BCUT2D eigenvalue weighted by Gasteiger charge is 2.26. The summed E-state index contributed by atoms with van der Waals surface area (Å²) >= 11 is 0. The lowest BCUT2D eigenvalue weighted by Crippen LogP contribution is -1.96. The number of aromatic nitrogens is 2. The molecule has 0 unspecified atom stereocenters. The van der Waals surface area contributed by atoms with E-state index in [1.54, 1.807) is 0 Å². The van der Waals surface area contributed by atoms with Gasteiger partial charge in [-0.05, 0) is 33.0 Å². The predicted molar refractivity (Wildman–Crippen MR) is 96.1 cm³/mol. The second kappa shape index (κ2) is 3.41. The summed E-state index contributed by atoms with van der Waals surface area (Å²) in [6.45, 7) is 0. The lowest BCUT2D eigenvalue weighted by Gasteiger charge is -2.16. The Hall–Kier alpha value is -3.40. The van der Waals surface area contributed by atoms with Crippen molar-refractivity contribution < 1.29 is 0 Å². The Morgan fingerprint density at radius 3 is 2.17 bits per heavy atom. The molecule has 0 amide bonds. The van der Waals surface area contributed by atoms with Gasteiger partial charge in [0.15, 0.2) is 0 Å². The summed E-state index contributed by atoms with van der Waals surface area (Å²) in [6, 6.07) is 17.2. The minimum absolute atomic E-state index is 0.877. The average Bonchev–Trinajstić information content (AvgIpc) is 3.00. The van der Waals surface area contributed by atoms with Crippen LogP contribution in [0.2, 0.25) is 0 Å². The van der Waals surface area contributed by atoms with Gasteiger partial charge in [0.1, 0.15) is 16.7 Å². The van der Waals surface area contributed by atoms with Gasteiger partial charge in [0.25, 0.3) is 0 Å². The van der Waals surface area contributed by atoms with Crippen LogP contribution in [-0.2, 0) is 0 Å². The van der Waals surface area contributed by atoms with E-state index in [1.165, 1.54) is 37.7 Å². The molecule has 0 aliphatic carbocycles. The molecule has 5 aromatic carbocycles. The molecule has 2 heterocycles. The summed E-state index contributed by atoms with van der Waals surface area (Å²) in [5.41, 5.74) is 3.65. The maximum absolute atomic E-state index is 4.37. The molecule has 1 aliphatic rings. The van der Waals surface area contributed by atoms with E-state index in [-0.39, 0.29) is 0 Å². The summed E-state index contributed by atoms with van der Waals surface area (Å²) in [4.78, 5) is 0. The maximum atomic E-state index is 4.37. The van der Waals surface area contributed by atoms with Crippen LogP contribution in [0.15, 0.2) is 58.8 Å². The molecule has 0 spiro atoms. The molecule has 0 N–H and O–H groups in total. The summed E-state index contributed by atoms with van der Waals surface area (Å²) in [6.07, 6.45) is 0. The Kier molecular flexibility index (Phi) is 1.59. The van der Waals surface area contributed by atoms with Crippen molar-refractivity contribution in [3.8, 4) is 0 Å². The van der Waals surface area contributed by atoms with Gasteiger partial charge >= 0.3 is 0 Å². The Bertz CT molecular complexity index is 1490. The van der Waals surface area contributed by atoms with Crippen molar-refractivity contribution in [2.24, 2.45) is 10.2 Å². The van der Waals surface area contributed by atoms with Crippen LogP contribution >= 0.6 is 0 Å². The first kappa shape index (κ1) is 11.2. The van der Waals surface area contributed by atoms with Crippen LogP contribution in [0.4, 0.5) is 11.4 Å². The third-order valence-electron chi connectivity index (χ3n) is 5.33. The summed E-state index contributed by atoms with van der Waals surface area (Å²) < 4.78 is 0. The van der Waals surface area contributed by atoms with Crippen LogP contribution in [0.1, 0.15) is 0 Å². The lowest BCUT2D eigenvalue weighted by atomic mass is 9.88. The Morgan fingerprint density at radius 1 is 0.542 bits per heavy atom. The van der Waals surface area contributed by atoms with E-state index in [0.29, 0.717) is 0 Å². The van der Waals surface area contributed by atoms with Gasteiger partial charge in [-0.3, -0.25) is 0 Å². The Balaban J connectivity index is 2.01. The number of hydrogen-bond acceptors (Lipinski definition) is 4. The zero-order valence-corrected chi connectivity index (χ0v) is 12.4. The third-order valence-corrected chi connectivity index (χ3v) is 5.33. The molecule has 0 radical (unpaired) electrons. The van der Waals surface area contributed by atoms with Crippen molar-refractivity contribution >= 4 is 65.5 Å². The molecule has 4 heteroatoms. The number of rotatable bonds is 0. The Morgan fingerprint density at radius 2 is 1.33 bits per heavy atom. The fourth-order valence-electron chi connectivity index (χ4n) is 4.35. The molecular weight excluding hydrogens is 296 g/mol. The van der Waals surface area contributed by atoms with Gasteiger partial charge in [-0.2, -0.15) is 0 Å². The van der Waals surface area contributed by atoms with Crippen LogP contribution in [0.25, 0.3) is 54.1 Å². The van der Waals surface area contributed by atoms with Crippen molar-refractivity contribution in [2.45, 2.75) is 0 Å². The smallest absolute Gasteiger partial charge is 0.142 e. The molecular formula is C20H8N4. The number of benzene rings is 5. The van der Waals surface area contributed by atoms with Crippen LogP contribution in [0, 0.1) is 0 Å². The standard InChI is InChI=1S/C20H8N4/c1-3-9-4-2-6-12-14(9)10(5-1)11-7-8-13-17-15(11)16(12)18-20(24-23-18)19(17)22-21-13/h1-8H. The molecule has 0 saturated heterocycles. The largest absolute Gasteiger partial charge is 0.150 e. The van der Waals surface area contributed by atoms with Gasteiger partial charge in [0.2, 0.25) is 0 Å². The molecule has 0 fully saturated rings. The molecule has 0 saturated carbocycles. The highest BCUT2D eigenvalue weighted by atomic mass is 15.2. The van der Waals surface area contributed by atoms with E-state index < -0.39 is 0 Å². The summed E-state index contributed by atoms with van der Waals surface area (Å²) in [5, 5.41) is 27.1. The zero-order valence-electron chi connectivity index (χ0n) is 12.4. The molecule has 108 valence electrons. The maximum Gasteiger partial charge on any atom is 0.142 e. The van der Waals surface area contributed by atoms with Gasteiger partial charge in [0.05, 0.1) is 5.69 Å². The van der Waals surface area contributed by atoms with E-state index in [9.17, 15) is 0 Å². The number of nitrogens with zero attached hydrogens (tertiary/aromatic N) is 4. The lowest BCUT2D eigenvalue weighted by molar-refractivity contribution is 1.07. The highest BCUT2D eigenvalue weighted by molar-refractivity contribution is 6.40. The van der Waals surface area contributed by atoms with Crippen molar-refractivity contribution in [1.29, 1.82) is 0 Å². The van der Waals surface area contributed by atoms with Gasteiger partial charge in [-0.25, -0.2) is 0 Å². The predicted octanol–water partition coefficient (Wildman–Crippen LogP) is 5.85. The van der Waals surface area contributed by atoms with E-state index in [4.69, 9.17) is 0 Å². The van der Waals surface area contributed by atoms with E-state index >= 15 is 0 Å². The number of azo groups is 1. The van der Waals surface area contributed by atoms with E-state index in [0.717, 1.165) is 27.8 Å². The monoisotopic (exact) mass is 304 g/mol. The minimum atomic E-state index is 0.877. The molecule has 6 aromatic rings.